The van der Waals surface area contributed by atoms with Crippen molar-refractivity contribution in [3.63, 3.8) is 0 Å². The third-order valence-corrected chi connectivity index (χ3v) is 2.69. The van der Waals surface area contributed by atoms with Crippen LogP contribution in [-0.2, 0) is 0 Å². The number of nitrogens with one attached hydrogen (secondary N) is 1. The average molecular weight is 244 g/mol. The molecule has 1 aromatic heterocycles. The lowest BCUT2D eigenvalue weighted by Gasteiger charge is -2.05. The molecule has 0 bridgehead atoms. The van der Waals surface area contributed by atoms with Gasteiger partial charge in [-0.3, -0.25) is 9.78 Å². The van der Waals surface area contributed by atoms with Crippen LogP contribution in [0.4, 0.5) is 0 Å². The van der Waals surface area contributed by atoms with E-state index in [1.54, 1.807) is 13.3 Å². The second-order valence-electron chi connectivity index (χ2n) is 4.04. The number of carbonyl (C=O) groups excluding carboxylic acids is 1. The number of hydrogen-bond donors (Lipinski definition) is 1. The van der Waals surface area contributed by atoms with Crippen LogP contribution >= 0.6 is 0 Å². The third kappa shape index (κ3) is 2.59. The Bertz CT molecular complexity index is 567. The van der Waals surface area contributed by atoms with Crippen molar-refractivity contribution in [2.45, 2.75) is 13.3 Å². The maximum atomic E-state index is 11.8. The molecular formula is C14H16N2O2. The predicted octanol–water partition coefficient (Wildman–Crippen LogP) is 2.38. The van der Waals surface area contributed by atoms with Crippen LogP contribution in [0.1, 0.15) is 23.7 Å². The molecule has 4 nitrogen and oxygen atoms in total. The molecular weight excluding hydrogens is 228 g/mol. The SMILES string of the molecule is CCCNC(=O)c1cnc2ccc(OC)cc2c1. The minimum Gasteiger partial charge on any atom is -0.497 e. The van der Waals surface area contributed by atoms with Gasteiger partial charge in [-0.25, -0.2) is 0 Å². The third-order valence-electron chi connectivity index (χ3n) is 2.69. The quantitative estimate of drug-likeness (QED) is 0.898. The minimum atomic E-state index is -0.0888. The first-order valence-corrected chi connectivity index (χ1v) is 5.96. The highest BCUT2D eigenvalue weighted by atomic mass is 16.5. The number of ether oxygens (including phenoxy) is 1. The van der Waals surface area contributed by atoms with Gasteiger partial charge in [0.1, 0.15) is 5.75 Å². The molecule has 0 aliphatic carbocycles. The molecule has 2 rings (SSSR count). The van der Waals surface area contributed by atoms with Crippen molar-refractivity contribution in [1.82, 2.24) is 10.3 Å². The van der Waals surface area contributed by atoms with Crippen molar-refractivity contribution in [3.05, 3.63) is 36.0 Å². The van der Waals surface area contributed by atoms with Gasteiger partial charge in [0.15, 0.2) is 0 Å². The molecule has 18 heavy (non-hydrogen) atoms. The van der Waals surface area contributed by atoms with E-state index < -0.39 is 0 Å². The Labute approximate surface area is 106 Å². The fraction of sp³-hybridized carbons (Fsp3) is 0.286. The Kier molecular flexibility index (Phi) is 3.77. The smallest absolute Gasteiger partial charge is 0.252 e. The molecule has 0 fully saturated rings. The second kappa shape index (κ2) is 5.49. The van der Waals surface area contributed by atoms with Crippen molar-refractivity contribution in [3.8, 4) is 5.75 Å². The summed E-state index contributed by atoms with van der Waals surface area (Å²) in [7, 11) is 1.62. The topological polar surface area (TPSA) is 51.2 Å². The van der Waals surface area contributed by atoms with Gasteiger partial charge in [0.05, 0.1) is 18.2 Å². The molecule has 1 heterocycles. The molecule has 0 atom stereocenters. The van der Waals surface area contributed by atoms with Crippen molar-refractivity contribution in [1.29, 1.82) is 0 Å². The Morgan fingerprint density at radius 3 is 2.94 bits per heavy atom. The Morgan fingerprint density at radius 1 is 1.39 bits per heavy atom. The van der Waals surface area contributed by atoms with Crippen LogP contribution in [0, 0.1) is 0 Å². The molecule has 0 radical (unpaired) electrons. The number of amides is 1. The molecule has 0 unspecified atom stereocenters. The summed E-state index contributed by atoms with van der Waals surface area (Å²) < 4.78 is 5.16. The van der Waals surface area contributed by atoms with Crippen LogP contribution in [0.25, 0.3) is 10.9 Å². The zero-order valence-electron chi connectivity index (χ0n) is 10.6. The zero-order valence-corrected chi connectivity index (χ0v) is 10.6. The molecule has 4 heteroatoms. The monoisotopic (exact) mass is 244 g/mol. The molecule has 0 saturated heterocycles. The van der Waals surface area contributed by atoms with Gasteiger partial charge in [0.25, 0.3) is 5.91 Å². The summed E-state index contributed by atoms with van der Waals surface area (Å²) in [6.45, 7) is 2.69. The predicted molar refractivity (Wildman–Crippen MR) is 70.9 cm³/mol. The van der Waals surface area contributed by atoms with Gasteiger partial charge in [-0.2, -0.15) is 0 Å². The standard InChI is InChI=1S/C14H16N2O2/c1-3-6-15-14(17)11-7-10-8-12(18-2)4-5-13(10)16-9-11/h4-5,7-9H,3,6H2,1-2H3,(H,15,17). The van der Waals surface area contributed by atoms with E-state index >= 15 is 0 Å². The Balaban J connectivity index is 2.33. The summed E-state index contributed by atoms with van der Waals surface area (Å²) in [5, 5.41) is 3.73. The van der Waals surface area contributed by atoms with Crippen LogP contribution in [0.15, 0.2) is 30.5 Å². The van der Waals surface area contributed by atoms with E-state index in [9.17, 15) is 4.79 Å². The highest BCUT2D eigenvalue weighted by Crippen LogP contribution is 2.19. The first-order chi connectivity index (χ1) is 8.74. The van der Waals surface area contributed by atoms with Gasteiger partial charge in [-0.05, 0) is 30.7 Å². The number of benzene rings is 1. The van der Waals surface area contributed by atoms with E-state index in [-0.39, 0.29) is 5.91 Å². The molecule has 94 valence electrons. The normalized spacial score (nSPS) is 10.3. The van der Waals surface area contributed by atoms with Gasteiger partial charge in [-0.15, -0.1) is 0 Å². The molecule has 0 saturated carbocycles. The zero-order chi connectivity index (χ0) is 13.0. The number of hydrogen-bond acceptors (Lipinski definition) is 3. The van der Waals surface area contributed by atoms with Crippen LogP contribution in [0.3, 0.4) is 0 Å². The fourth-order valence-electron chi connectivity index (χ4n) is 1.70. The van der Waals surface area contributed by atoms with Crippen LogP contribution in [0.2, 0.25) is 0 Å². The van der Waals surface area contributed by atoms with Crippen LogP contribution < -0.4 is 10.1 Å². The summed E-state index contributed by atoms with van der Waals surface area (Å²) in [4.78, 5) is 16.1. The van der Waals surface area contributed by atoms with Crippen molar-refractivity contribution < 1.29 is 9.53 Å². The number of nitrogens with zero attached hydrogens (tertiary/aromatic N) is 1. The van der Waals surface area contributed by atoms with E-state index in [0.29, 0.717) is 12.1 Å². The van der Waals surface area contributed by atoms with E-state index in [0.717, 1.165) is 23.1 Å². The molecule has 0 aliphatic heterocycles. The van der Waals surface area contributed by atoms with Gasteiger partial charge < -0.3 is 10.1 Å². The Hall–Kier alpha value is -2.10. The molecule has 1 amide bonds. The number of fused-ring (bicyclic) bond motifs is 1. The number of rotatable bonds is 4. The van der Waals surface area contributed by atoms with E-state index in [1.807, 2.05) is 31.2 Å². The fourth-order valence-corrected chi connectivity index (χ4v) is 1.70. The molecule has 1 N–H and O–H groups in total. The maximum Gasteiger partial charge on any atom is 0.252 e. The first kappa shape index (κ1) is 12.4. The number of methoxy groups -OCH3 is 1. The molecule has 1 aromatic carbocycles. The minimum absolute atomic E-state index is 0.0888. The van der Waals surface area contributed by atoms with E-state index in [1.165, 1.54) is 0 Å². The van der Waals surface area contributed by atoms with Gasteiger partial charge in [0, 0.05) is 18.1 Å². The summed E-state index contributed by atoms with van der Waals surface area (Å²) in [5.74, 6) is 0.671. The largest absolute Gasteiger partial charge is 0.497 e. The molecule has 0 aliphatic rings. The lowest BCUT2D eigenvalue weighted by atomic mass is 10.1. The van der Waals surface area contributed by atoms with E-state index in [2.05, 4.69) is 10.3 Å². The second-order valence-corrected chi connectivity index (χ2v) is 4.04. The highest BCUT2D eigenvalue weighted by Gasteiger charge is 2.06. The lowest BCUT2D eigenvalue weighted by Crippen LogP contribution is -2.24. The highest BCUT2D eigenvalue weighted by molar-refractivity contribution is 5.97. The maximum absolute atomic E-state index is 11.8. The van der Waals surface area contributed by atoms with Crippen molar-refractivity contribution in [2.24, 2.45) is 0 Å². The number of pyridine rings is 1. The van der Waals surface area contributed by atoms with Crippen LogP contribution in [-0.4, -0.2) is 24.5 Å². The van der Waals surface area contributed by atoms with Gasteiger partial charge >= 0.3 is 0 Å². The summed E-state index contributed by atoms with van der Waals surface area (Å²) >= 11 is 0. The van der Waals surface area contributed by atoms with Gasteiger partial charge in [0.2, 0.25) is 0 Å². The summed E-state index contributed by atoms with van der Waals surface area (Å²) in [5.41, 5.74) is 1.42. The van der Waals surface area contributed by atoms with Crippen molar-refractivity contribution >= 4 is 16.8 Å². The Morgan fingerprint density at radius 2 is 2.22 bits per heavy atom. The van der Waals surface area contributed by atoms with E-state index in [4.69, 9.17) is 4.74 Å². The van der Waals surface area contributed by atoms with Gasteiger partial charge in [-0.1, -0.05) is 6.92 Å². The number of carbonyl (C=O) groups is 1. The average Bonchev–Trinajstić information content (AvgIpc) is 2.43. The lowest BCUT2D eigenvalue weighted by molar-refractivity contribution is 0.0953. The molecule has 2 aromatic rings. The molecule has 0 spiro atoms. The number of aromatic nitrogens is 1. The summed E-state index contributed by atoms with van der Waals surface area (Å²) in [6.07, 6.45) is 2.51. The van der Waals surface area contributed by atoms with Crippen molar-refractivity contribution in [2.75, 3.05) is 13.7 Å². The van der Waals surface area contributed by atoms with Crippen LogP contribution in [0.5, 0.6) is 5.75 Å². The first-order valence-electron chi connectivity index (χ1n) is 5.96. The summed E-state index contributed by atoms with van der Waals surface area (Å²) in [6, 6.07) is 7.43.